The molecule has 0 saturated heterocycles. The number of hydrogen-bond donors (Lipinski definition) is 1. The van der Waals surface area contributed by atoms with Gasteiger partial charge in [-0.2, -0.15) is 0 Å². The average molecular weight is 283 g/mol. The predicted octanol–water partition coefficient (Wildman–Crippen LogP) is 2.09. The van der Waals surface area contributed by atoms with Crippen LogP contribution in [-0.4, -0.2) is 31.1 Å². The zero-order chi connectivity index (χ0) is 14.7. The van der Waals surface area contributed by atoms with Crippen LogP contribution in [0.5, 0.6) is 5.75 Å². The lowest BCUT2D eigenvalue weighted by molar-refractivity contribution is -0.115. The molecule has 1 aliphatic rings. The molecule has 3 rings (SSSR count). The van der Waals surface area contributed by atoms with Crippen molar-refractivity contribution in [2.24, 2.45) is 0 Å². The van der Waals surface area contributed by atoms with Gasteiger partial charge in [0, 0.05) is 24.5 Å². The quantitative estimate of drug-likeness (QED) is 0.933. The van der Waals surface area contributed by atoms with Crippen molar-refractivity contribution >= 4 is 17.4 Å². The van der Waals surface area contributed by atoms with Crippen LogP contribution in [0.1, 0.15) is 5.56 Å². The number of carbonyl (C=O) groups excluding carboxylic acids is 1. The molecule has 0 bridgehead atoms. The second-order valence-corrected chi connectivity index (χ2v) is 4.94. The summed E-state index contributed by atoms with van der Waals surface area (Å²) < 4.78 is 5.14. The Morgan fingerprint density at radius 3 is 3.14 bits per heavy atom. The van der Waals surface area contributed by atoms with Crippen LogP contribution >= 0.6 is 0 Å². The zero-order valence-electron chi connectivity index (χ0n) is 11.9. The van der Waals surface area contributed by atoms with Gasteiger partial charge in [-0.15, -0.1) is 0 Å². The molecule has 1 N–H and O–H groups in total. The van der Waals surface area contributed by atoms with Crippen molar-refractivity contribution in [3.63, 3.8) is 0 Å². The number of rotatable bonds is 4. The summed E-state index contributed by atoms with van der Waals surface area (Å²) in [6.07, 6.45) is 2.70. The van der Waals surface area contributed by atoms with Crippen LogP contribution in [0.4, 0.5) is 11.5 Å². The van der Waals surface area contributed by atoms with Gasteiger partial charge in [-0.05, 0) is 30.2 Å². The molecule has 108 valence electrons. The topological polar surface area (TPSA) is 54.5 Å². The molecular weight excluding hydrogens is 266 g/mol. The molecule has 5 heteroatoms. The molecule has 1 aromatic carbocycles. The standard InChI is InChI=1S/C16H17N3O2/c1-21-14-6-2-5-13(10-14)18-15(20)11-19-9-7-12-4-3-8-17-16(12)19/h2-6,8,10H,7,9,11H2,1H3,(H,18,20). The highest BCUT2D eigenvalue weighted by molar-refractivity contribution is 5.94. The molecule has 5 nitrogen and oxygen atoms in total. The van der Waals surface area contributed by atoms with Gasteiger partial charge in [-0.1, -0.05) is 12.1 Å². The Labute approximate surface area is 123 Å². The summed E-state index contributed by atoms with van der Waals surface area (Å²) in [6.45, 7) is 1.14. The number of benzene rings is 1. The van der Waals surface area contributed by atoms with Crippen LogP contribution in [0.3, 0.4) is 0 Å². The maximum atomic E-state index is 12.2. The van der Waals surface area contributed by atoms with Gasteiger partial charge in [-0.25, -0.2) is 4.98 Å². The van der Waals surface area contributed by atoms with Crippen molar-refractivity contribution in [1.29, 1.82) is 0 Å². The minimum atomic E-state index is -0.0539. The smallest absolute Gasteiger partial charge is 0.243 e. The van der Waals surface area contributed by atoms with Gasteiger partial charge >= 0.3 is 0 Å². The van der Waals surface area contributed by atoms with Crippen LogP contribution in [0.15, 0.2) is 42.6 Å². The molecule has 0 unspecified atom stereocenters. The maximum Gasteiger partial charge on any atom is 0.243 e. The molecular formula is C16H17N3O2. The number of carbonyl (C=O) groups is 1. The molecule has 0 atom stereocenters. The van der Waals surface area contributed by atoms with E-state index in [-0.39, 0.29) is 5.91 Å². The molecule has 0 saturated carbocycles. The normalized spacial score (nSPS) is 12.9. The van der Waals surface area contributed by atoms with E-state index >= 15 is 0 Å². The molecule has 0 radical (unpaired) electrons. The highest BCUT2D eigenvalue weighted by Gasteiger charge is 2.21. The van der Waals surface area contributed by atoms with Crippen molar-refractivity contribution in [3.05, 3.63) is 48.2 Å². The summed E-state index contributed by atoms with van der Waals surface area (Å²) in [6, 6.07) is 11.3. The zero-order valence-corrected chi connectivity index (χ0v) is 11.9. The fourth-order valence-electron chi connectivity index (χ4n) is 2.50. The van der Waals surface area contributed by atoms with Crippen LogP contribution in [0, 0.1) is 0 Å². The molecule has 1 aromatic heterocycles. The van der Waals surface area contributed by atoms with Crippen LogP contribution in [0.2, 0.25) is 0 Å². The van der Waals surface area contributed by atoms with Gasteiger partial charge in [0.2, 0.25) is 5.91 Å². The lowest BCUT2D eigenvalue weighted by Crippen LogP contribution is -2.32. The highest BCUT2D eigenvalue weighted by Crippen LogP contribution is 2.24. The number of amides is 1. The third-order valence-electron chi connectivity index (χ3n) is 3.51. The number of pyridine rings is 1. The minimum Gasteiger partial charge on any atom is -0.497 e. The predicted molar refractivity (Wildman–Crippen MR) is 81.8 cm³/mol. The number of fused-ring (bicyclic) bond motifs is 1. The highest BCUT2D eigenvalue weighted by atomic mass is 16.5. The largest absolute Gasteiger partial charge is 0.497 e. The first kappa shape index (κ1) is 13.4. The van der Waals surface area contributed by atoms with Crippen LogP contribution in [-0.2, 0) is 11.2 Å². The van der Waals surface area contributed by atoms with Gasteiger partial charge in [0.25, 0.3) is 0 Å². The Balaban J connectivity index is 1.65. The number of methoxy groups -OCH3 is 1. The van der Waals surface area contributed by atoms with Gasteiger partial charge in [0.1, 0.15) is 11.6 Å². The van der Waals surface area contributed by atoms with E-state index in [4.69, 9.17) is 4.74 Å². The van der Waals surface area contributed by atoms with Crippen molar-refractivity contribution in [2.75, 3.05) is 30.4 Å². The molecule has 0 fully saturated rings. The molecule has 2 aromatic rings. The number of anilines is 2. The first-order valence-corrected chi connectivity index (χ1v) is 6.89. The Bertz CT molecular complexity index is 657. The van der Waals surface area contributed by atoms with E-state index < -0.39 is 0 Å². The average Bonchev–Trinajstić information content (AvgIpc) is 2.91. The SMILES string of the molecule is COc1cccc(NC(=O)CN2CCc3cccnc32)c1. The first-order valence-electron chi connectivity index (χ1n) is 6.89. The second kappa shape index (κ2) is 5.83. The lowest BCUT2D eigenvalue weighted by Gasteiger charge is -2.17. The van der Waals surface area contributed by atoms with Gasteiger partial charge in [0.05, 0.1) is 13.7 Å². The Morgan fingerprint density at radius 1 is 1.38 bits per heavy atom. The van der Waals surface area contributed by atoms with Crippen molar-refractivity contribution in [1.82, 2.24) is 4.98 Å². The third kappa shape index (κ3) is 2.97. The minimum absolute atomic E-state index is 0.0539. The number of nitrogens with one attached hydrogen (secondary N) is 1. The van der Waals surface area contributed by atoms with E-state index in [1.165, 1.54) is 5.56 Å². The molecule has 1 aliphatic heterocycles. The summed E-state index contributed by atoms with van der Waals surface area (Å²) >= 11 is 0. The van der Waals surface area contributed by atoms with E-state index in [1.54, 1.807) is 19.4 Å². The van der Waals surface area contributed by atoms with Crippen molar-refractivity contribution < 1.29 is 9.53 Å². The van der Waals surface area contributed by atoms with E-state index in [9.17, 15) is 4.79 Å². The first-order chi connectivity index (χ1) is 10.3. The number of nitrogens with zero attached hydrogens (tertiary/aromatic N) is 2. The summed E-state index contributed by atoms with van der Waals surface area (Å²) in [4.78, 5) is 18.5. The van der Waals surface area contributed by atoms with Gasteiger partial charge in [-0.3, -0.25) is 4.79 Å². The number of hydrogen-bond acceptors (Lipinski definition) is 4. The molecule has 0 spiro atoms. The lowest BCUT2D eigenvalue weighted by atomic mass is 10.2. The maximum absolute atomic E-state index is 12.2. The van der Waals surface area contributed by atoms with Gasteiger partial charge < -0.3 is 15.0 Å². The molecule has 0 aliphatic carbocycles. The summed E-state index contributed by atoms with van der Waals surface area (Å²) in [5, 5.41) is 2.89. The Kier molecular flexibility index (Phi) is 3.73. The number of aromatic nitrogens is 1. The Morgan fingerprint density at radius 2 is 2.29 bits per heavy atom. The fourth-order valence-corrected chi connectivity index (χ4v) is 2.50. The van der Waals surface area contributed by atoms with Crippen molar-refractivity contribution in [3.8, 4) is 5.75 Å². The summed E-state index contributed by atoms with van der Waals surface area (Å²) in [5.74, 6) is 1.58. The van der Waals surface area contributed by atoms with E-state index in [1.807, 2.05) is 29.2 Å². The van der Waals surface area contributed by atoms with E-state index in [0.717, 1.165) is 30.2 Å². The number of ether oxygens (including phenoxy) is 1. The van der Waals surface area contributed by atoms with Crippen LogP contribution < -0.4 is 15.0 Å². The fraction of sp³-hybridized carbons (Fsp3) is 0.250. The Hall–Kier alpha value is -2.56. The second-order valence-electron chi connectivity index (χ2n) is 4.94. The third-order valence-corrected chi connectivity index (χ3v) is 3.51. The summed E-state index contributed by atoms with van der Waals surface area (Å²) in [5.41, 5.74) is 1.94. The molecule has 1 amide bonds. The van der Waals surface area contributed by atoms with E-state index in [2.05, 4.69) is 16.4 Å². The van der Waals surface area contributed by atoms with Crippen molar-refractivity contribution in [2.45, 2.75) is 6.42 Å². The monoisotopic (exact) mass is 283 g/mol. The van der Waals surface area contributed by atoms with Gasteiger partial charge in [0.15, 0.2) is 0 Å². The molecule has 21 heavy (non-hydrogen) atoms. The van der Waals surface area contributed by atoms with Crippen LogP contribution in [0.25, 0.3) is 0 Å². The van der Waals surface area contributed by atoms with E-state index in [0.29, 0.717) is 6.54 Å². The summed E-state index contributed by atoms with van der Waals surface area (Å²) in [7, 11) is 1.60. The molecule has 2 heterocycles.